The zero-order valence-electron chi connectivity index (χ0n) is 9.40. The van der Waals surface area contributed by atoms with E-state index in [2.05, 4.69) is 26.6 Å². The second-order valence-corrected chi connectivity index (χ2v) is 4.55. The van der Waals surface area contributed by atoms with Crippen molar-refractivity contribution in [2.75, 3.05) is 18.5 Å². The van der Waals surface area contributed by atoms with E-state index in [1.807, 2.05) is 19.1 Å². The van der Waals surface area contributed by atoms with Gasteiger partial charge in [0.1, 0.15) is 0 Å². The molecule has 2 amide bonds. The Balaban J connectivity index is 2.50. The summed E-state index contributed by atoms with van der Waals surface area (Å²) >= 11 is 3.33. The van der Waals surface area contributed by atoms with Gasteiger partial charge in [-0.1, -0.05) is 15.9 Å². The van der Waals surface area contributed by atoms with Gasteiger partial charge in [-0.2, -0.15) is 0 Å². The number of benzene rings is 1. The minimum Gasteiger partial charge on any atom is -0.394 e. The van der Waals surface area contributed by atoms with E-state index in [9.17, 15) is 4.79 Å². The van der Waals surface area contributed by atoms with Gasteiger partial charge < -0.3 is 20.8 Å². The molecule has 17 heavy (non-hydrogen) atoms. The van der Waals surface area contributed by atoms with Crippen molar-refractivity contribution in [2.45, 2.75) is 13.0 Å². The third kappa shape index (κ3) is 4.72. The zero-order chi connectivity index (χ0) is 12.8. The van der Waals surface area contributed by atoms with Gasteiger partial charge >= 0.3 is 6.03 Å². The largest absolute Gasteiger partial charge is 0.394 e. The van der Waals surface area contributed by atoms with Gasteiger partial charge in [-0.25, -0.2) is 4.79 Å². The monoisotopic (exact) mass is 302 g/mol. The molecular weight excluding hydrogens is 288 g/mol. The number of carbonyl (C=O) groups excluding carboxylic acids is 1. The minimum atomic E-state index is -0.938. The van der Waals surface area contributed by atoms with E-state index in [0.717, 1.165) is 10.0 Å². The number of anilines is 1. The van der Waals surface area contributed by atoms with E-state index in [1.54, 1.807) is 6.07 Å². The molecule has 4 N–H and O–H groups in total. The summed E-state index contributed by atoms with van der Waals surface area (Å²) in [6.07, 6.45) is -0.938. The highest BCUT2D eigenvalue weighted by atomic mass is 79.9. The minimum absolute atomic E-state index is 0.0118. The number of amides is 2. The van der Waals surface area contributed by atoms with E-state index in [4.69, 9.17) is 10.2 Å². The summed E-state index contributed by atoms with van der Waals surface area (Å²) in [7, 11) is 0. The van der Waals surface area contributed by atoms with Crippen molar-refractivity contribution < 1.29 is 15.0 Å². The highest BCUT2D eigenvalue weighted by Crippen LogP contribution is 2.19. The summed E-state index contributed by atoms with van der Waals surface area (Å²) in [4.78, 5) is 11.4. The molecule has 6 heteroatoms. The third-order valence-corrected chi connectivity index (χ3v) is 2.64. The lowest BCUT2D eigenvalue weighted by molar-refractivity contribution is 0.0965. The average molecular weight is 303 g/mol. The number of urea groups is 1. The highest BCUT2D eigenvalue weighted by molar-refractivity contribution is 9.10. The van der Waals surface area contributed by atoms with E-state index in [1.165, 1.54) is 0 Å². The molecule has 94 valence electrons. The second-order valence-electron chi connectivity index (χ2n) is 3.63. The molecule has 1 unspecified atom stereocenters. The Labute approximate surface area is 108 Å². The van der Waals surface area contributed by atoms with Gasteiger partial charge in [0.25, 0.3) is 0 Å². The van der Waals surface area contributed by atoms with Gasteiger partial charge in [0.05, 0.1) is 12.7 Å². The van der Waals surface area contributed by atoms with Crippen molar-refractivity contribution in [3.8, 4) is 0 Å². The first-order valence-electron chi connectivity index (χ1n) is 5.13. The van der Waals surface area contributed by atoms with E-state index < -0.39 is 12.1 Å². The summed E-state index contributed by atoms with van der Waals surface area (Å²) in [6.45, 7) is 1.51. The second kappa shape index (κ2) is 6.58. The first-order valence-corrected chi connectivity index (χ1v) is 5.92. The van der Waals surface area contributed by atoms with Crippen LogP contribution >= 0.6 is 15.9 Å². The first kappa shape index (κ1) is 14.0. The lowest BCUT2D eigenvalue weighted by Gasteiger charge is -2.12. The van der Waals surface area contributed by atoms with Crippen LogP contribution in [0.4, 0.5) is 10.5 Å². The molecule has 0 spiro atoms. The molecule has 1 atom stereocenters. The molecule has 0 saturated heterocycles. The fourth-order valence-electron chi connectivity index (χ4n) is 1.21. The molecule has 1 aromatic rings. The van der Waals surface area contributed by atoms with Crippen molar-refractivity contribution in [2.24, 2.45) is 0 Å². The van der Waals surface area contributed by atoms with Crippen LogP contribution in [-0.2, 0) is 0 Å². The Morgan fingerprint density at radius 3 is 2.82 bits per heavy atom. The number of aliphatic hydroxyl groups is 2. The predicted molar refractivity (Wildman–Crippen MR) is 69.0 cm³/mol. The van der Waals surface area contributed by atoms with Gasteiger partial charge in [-0.05, 0) is 30.7 Å². The van der Waals surface area contributed by atoms with Gasteiger partial charge in [-0.15, -0.1) is 0 Å². The molecule has 1 rings (SSSR count). The average Bonchev–Trinajstić information content (AvgIpc) is 2.29. The topological polar surface area (TPSA) is 81.6 Å². The summed E-state index contributed by atoms with van der Waals surface area (Å²) in [6, 6.07) is 5.08. The first-order chi connectivity index (χ1) is 8.02. The maximum absolute atomic E-state index is 11.4. The Morgan fingerprint density at radius 2 is 2.24 bits per heavy atom. The number of hydrogen-bond donors (Lipinski definition) is 4. The normalized spacial score (nSPS) is 12.0. The molecule has 0 radical (unpaired) electrons. The Morgan fingerprint density at radius 1 is 1.53 bits per heavy atom. The lowest BCUT2D eigenvalue weighted by atomic mass is 10.2. The van der Waals surface area contributed by atoms with Crippen LogP contribution in [0.15, 0.2) is 22.7 Å². The molecule has 5 nitrogen and oxygen atoms in total. The van der Waals surface area contributed by atoms with Crippen molar-refractivity contribution >= 4 is 27.6 Å². The van der Waals surface area contributed by atoms with E-state index in [0.29, 0.717) is 5.69 Å². The van der Waals surface area contributed by atoms with Crippen LogP contribution in [0.5, 0.6) is 0 Å². The fraction of sp³-hybridized carbons (Fsp3) is 0.364. The number of aryl methyl sites for hydroxylation is 1. The maximum Gasteiger partial charge on any atom is 0.319 e. The maximum atomic E-state index is 11.4. The van der Waals surface area contributed by atoms with Crippen LogP contribution in [-0.4, -0.2) is 35.5 Å². The molecular formula is C11H15BrN2O3. The molecule has 0 aliphatic carbocycles. The standard InChI is InChI=1S/C11H15BrN2O3/c1-7-4-8(12)2-3-10(7)14-11(17)13-5-9(16)6-15/h2-4,9,15-16H,5-6H2,1H3,(H2,13,14,17). The third-order valence-electron chi connectivity index (χ3n) is 2.15. The number of nitrogens with one attached hydrogen (secondary N) is 2. The van der Waals surface area contributed by atoms with Crippen molar-refractivity contribution in [3.05, 3.63) is 28.2 Å². The quantitative estimate of drug-likeness (QED) is 0.675. The van der Waals surface area contributed by atoms with Crippen molar-refractivity contribution in [1.29, 1.82) is 0 Å². The Kier molecular flexibility index (Phi) is 5.40. The van der Waals surface area contributed by atoms with Crippen LogP contribution in [0.1, 0.15) is 5.56 Å². The smallest absolute Gasteiger partial charge is 0.319 e. The molecule has 0 aromatic heterocycles. The molecule has 0 bridgehead atoms. The van der Waals surface area contributed by atoms with Crippen LogP contribution in [0.2, 0.25) is 0 Å². The van der Waals surface area contributed by atoms with Gasteiger partial charge in [0, 0.05) is 16.7 Å². The van der Waals surface area contributed by atoms with Crippen LogP contribution in [0.3, 0.4) is 0 Å². The lowest BCUT2D eigenvalue weighted by Crippen LogP contribution is -2.36. The van der Waals surface area contributed by atoms with Gasteiger partial charge in [-0.3, -0.25) is 0 Å². The number of hydrogen-bond acceptors (Lipinski definition) is 3. The van der Waals surface area contributed by atoms with Crippen LogP contribution in [0.25, 0.3) is 0 Å². The number of rotatable bonds is 4. The molecule has 0 aliphatic heterocycles. The Bertz CT molecular complexity index is 398. The molecule has 1 aromatic carbocycles. The highest BCUT2D eigenvalue weighted by Gasteiger charge is 2.07. The molecule has 0 saturated carbocycles. The van der Waals surface area contributed by atoms with E-state index >= 15 is 0 Å². The SMILES string of the molecule is Cc1cc(Br)ccc1NC(=O)NCC(O)CO. The fourth-order valence-corrected chi connectivity index (χ4v) is 1.68. The Hall–Kier alpha value is -1.11. The molecule has 0 heterocycles. The molecule has 0 fully saturated rings. The summed E-state index contributed by atoms with van der Waals surface area (Å²) < 4.78 is 0.941. The van der Waals surface area contributed by atoms with E-state index in [-0.39, 0.29) is 13.2 Å². The van der Waals surface area contributed by atoms with Crippen molar-refractivity contribution in [1.82, 2.24) is 5.32 Å². The predicted octanol–water partition coefficient (Wildman–Crippen LogP) is 1.23. The summed E-state index contributed by atoms with van der Waals surface area (Å²) in [5.74, 6) is 0. The summed E-state index contributed by atoms with van der Waals surface area (Å²) in [5.41, 5.74) is 1.63. The van der Waals surface area contributed by atoms with Crippen LogP contribution < -0.4 is 10.6 Å². The van der Waals surface area contributed by atoms with Crippen molar-refractivity contribution in [3.63, 3.8) is 0 Å². The number of aliphatic hydroxyl groups excluding tert-OH is 2. The zero-order valence-corrected chi connectivity index (χ0v) is 11.0. The number of halogens is 1. The van der Waals surface area contributed by atoms with Gasteiger partial charge in [0.15, 0.2) is 0 Å². The van der Waals surface area contributed by atoms with Crippen LogP contribution in [0, 0.1) is 6.92 Å². The molecule has 0 aliphatic rings. The summed E-state index contributed by atoms with van der Waals surface area (Å²) in [5, 5.41) is 22.8. The van der Waals surface area contributed by atoms with Gasteiger partial charge in [0.2, 0.25) is 0 Å². The number of carbonyl (C=O) groups is 1.